The van der Waals surface area contributed by atoms with Crippen molar-refractivity contribution in [3.8, 4) is 0 Å². The highest BCUT2D eigenvalue weighted by atomic mass is 16.3. The maximum absolute atomic E-state index is 9.52. The monoisotopic (exact) mass is 161 g/mol. The Balaban J connectivity index is 2.60. The minimum absolute atomic E-state index is 0.0929. The van der Waals surface area contributed by atoms with Crippen LogP contribution in [0.1, 0.15) is 6.92 Å². The summed E-state index contributed by atoms with van der Waals surface area (Å²) in [5.74, 6) is -0.251. The third-order valence-corrected chi connectivity index (χ3v) is 2.21. The van der Waals surface area contributed by atoms with Crippen molar-refractivity contribution in [3.63, 3.8) is 0 Å². The van der Waals surface area contributed by atoms with Gasteiger partial charge < -0.3 is 20.6 Å². The minimum Gasteiger partial charge on any atom is -0.396 e. The second kappa shape index (κ2) is 3.06. The average molecular weight is 161 g/mol. The lowest BCUT2D eigenvalue weighted by Crippen LogP contribution is -2.59. The first-order chi connectivity index (χ1) is 5.08. The average Bonchev–Trinajstić information content (AvgIpc) is 1.95. The number of aliphatic hydroxyl groups excluding tert-OH is 2. The number of β-amino-alcohol motifs (C(OH)–C–C–N with tert-alkyl or cyclic N) is 1. The van der Waals surface area contributed by atoms with Gasteiger partial charge in [0.25, 0.3) is 0 Å². The molecule has 0 aliphatic carbocycles. The zero-order chi connectivity index (χ0) is 8.48. The van der Waals surface area contributed by atoms with E-state index in [0.717, 1.165) is 0 Å². The van der Waals surface area contributed by atoms with E-state index in [0.29, 0.717) is 13.1 Å². The molecule has 1 aliphatic rings. The summed E-state index contributed by atoms with van der Waals surface area (Å²) < 4.78 is 0. The molecule has 1 fully saturated rings. The molecule has 1 unspecified atom stereocenters. The van der Waals surface area contributed by atoms with E-state index in [2.05, 4.69) is 5.32 Å². The Morgan fingerprint density at radius 1 is 1.64 bits per heavy atom. The summed E-state index contributed by atoms with van der Waals surface area (Å²) in [7, 11) is 0. The maximum atomic E-state index is 9.52. The standard InChI is InChI=1S/C7H15NO3/c1-7(11)4-8-2-5(3-9)6(7)10/h5-6,8-11H,2-4H2,1H3/t5-,6-,7?/m1/s1. The molecule has 0 radical (unpaired) electrons. The second-order valence-corrected chi connectivity index (χ2v) is 3.38. The molecule has 0 aromatic carbocycles. The third-order valence-electron chi connectivity index (χ3n) is 2.21. The van der Waals surface area contributed by atoms with Crippen molar-refractivity contribution < 1.29 is 15.3 Å². The van der Waals surface area contributed by atoms with E-state index in [4.69, 9.17) is 5.11 Å². The normalized spacial score (nSPS) is 45.8. The quantitative estimate of drug-likeness (QED) is 0.370. The molecule has 0 spiro atoms. The zero-order valence-corrected chi connectivity index (χ0v) is 6.62. The van der Waals surface area contributed by atoms with Gasteiger partial charge >= 0.3 is 0 Å². The number of rotatable bonds is 1. The number of nitrogens with one attached hydrogen (secondary N) is 1. The molecule has 0 amide bonds. The van der Waals surface area contributed by atoms with Crippen molar-refractivity contribution in [1.82, 2.24) is 5.32 Å². The van der Waals surface area contributed by atoms with Crippen LogP contribution in [-0.4, -0.2) is 46.7 Å². The first-order valence-corrected chi connectivity index (χ1v) is 3.80. The van der Waals surface area contributed by atoms with Crippen LogP contribution in [-0.2, 0) is 0 Å². The molecule has 4 nitrogen and oxygen atoms in total. The van der Waals surface area contributed by atoms with Gasteiger partial charge in [0.2, 0.25) is 0 Å². The van der Waals surface area contributed by atoms with Gasteiger partial charge in [0.1, 0.15) is 5.60 Å². The number of aliphatic hydroxyl groups is 3. The molecule has 0 aromatic rings. The highest BCUT2D eigenvalue weighted by Gasteiger charge is 2.39. The van der Waals surface area contributed by atoms with Gasteiger partial charge in [-0.25, -0.2) is 0 Å². The fraction of sp³-hybridized carbons (Fsp3) is 1.00. The molecule has 1 saturated heterocycles. The molecule has 4 heteroatoms. The van der Waals surface area contributed by atoms with Gasteiger partial charge in [0.15, 0.2) is 0 Å². The van der Waals surface area contributed by atoms with E-state index in [1.807, 2.05) is 0 Å². The van der Waals surface area contributed by atoms with Crippen LogP contribution in [0.25, 0.3) is 0 Å². The SMILES string of the molecule is CC1(O)CNC[C@H](CO)[C@H]1O. The number of hydrogen-bond acceptors (Lipinski definition) is 4. The van der Waals surface area contributed by atoms with Crippen molar-refractivity contribution >= 4 is 0 Å². The molecule has 0 bridgehead atoms. The molecular formula is C7H15NO3. The molecule has 3 atom stereocenters. The van der Waals surface area contributed by atoms with Crippen LogP contribution < -0.4 is 5.32 Å². The van der Waals surface area contributed by atoms with Gasteiger partial charge in [-0.05, 0) is 6.92 Å². The van der Waals surface area contributed by atoms with Crippen molar-refractivity contribution in [2.45, 2.75) is 18.6 Å². The molecule has 1 rings (SSSR count). The topological polar surface area (TPSA) is 72.7 Å². The van der Waals surface area contributed by atoms with Crippen LogP contribution in [0.2, 0.25) is 0 Å². The van der Waals surface area contributed by atoms with E-state index < -0.39 is 11.7 Å². The molecule has 1 aliphatic heterocycles. The summed E-state index contributed by atoms with van der Waals surface area (Å²) in [6, 6.07) is 0. The van der Waals surface area contributed by atoms with E-state index >= 15 is 0 Å². The molecule has 11 heavy (non-hydrogen) atoms. The minimum atomic E-state index is -1.11. The summed E-state index contributed by atoms with van der Waals surface area (Å²) >= 11 is 0. The summed E-state index contributed by atoms with van der Waals surface area (Å²) in [5.41, 5.74) is -1.11. The van der Waals surface area contributed by atoms with Gasteiger partial charge in [-0.15, -0.1) is 0 Å². The summed E-state index contributed by atoms with van der Waals surface area (Å²) in [6.07, 6.45) is -0.825. The number of piperidine rings is 1. The number of hydrogen-bond donors (Lipinski definition) is 4. The lowest BCUT2D eigenvalue weighted by molar-refractivity contribution is -0.113. The van der Waals surface area contributed by atoms with Gasteiger partial charge in [0, 0.05) is 25.6 Å². The fourth-order valence-corrected chi connectivity index (χ4v) is 1.40. The Morgan fingerprint density at radius 3 is 2.73 bits per heavy atom. The van der Waals surface area contributed by atoms with E-state index in [1.54, 1.807) is 6.92 Å². The smallest absolute Gasteiger partial charge is 0.100 e. The van der Waals surface area contributed by atoms with Crippen LogP contribution in [0.4, 0.5) is 0 Å². The molecule has 0 aromatic heterocycles. The van der Waals surface area contributed by atoms with Gasteiger partial charge in [-0.2, -0.15) is 0 Å². The predicted molar refractivity (Wildman–Crippen MR) is 40.1 cm³/mol. The predicted octanol–water partition coefficient (Wildman–Crippen LogP) is -1.69. The lowest BCUT2D eigenvalue weighted by Gasteiger charge is -2.39. The molecule has 66 valence electrons. The van der Waals surface area contributed by atoms with Gasteiger partial charge in [-0.3, -0.25) is 0 Å². The van der Waals surface area contributed by atoms with Crippen molar-refractivity contribution in [2.24, 2.45) is 5.92 Å². The summed E-state index contributed by atoms with van der Waals surface area (Å²) in [6.45, 7) is 2.41. The van der Waals surface area contributed by atoms with E-state index in [1.165, 1.54) is 0 Å². The molecule has 4 N–H and O–H groups in total. The largest absolute Gasteiger partial charge is 0.396 e. The van der Waals surface area contributed by atoms with Gasteiger partial charge in [-0.1, -0.05) is 0 Å². The Labute approximate surface area is 65.9 Å². The summed E-state index contributed by atoms with van der Waals surface area (Å²) in [5, 5.41) is 30.7. The Bertz CT molecular complexity index is 138. The van der Waals surface area contributed by atoms with Crippen LogP contribution in [0.5, 0.6) is 0 Å². The van der Waals surface area contributed by atoms with Gasteiger partial charge in [0.05, 0.1) is 6.10 Å². The van der Waals surface area contributed by atoms with E-state index in [-0.39, 0.29) is 12.5 Å². The molecule has 1 heterocycles. The van der Waals surface area contributed by atoms with E-state index in [9.17, 15) is 10.2 Å². The highest BCUT2D eigenvalue weighted by Crippen LogP contribution is 2.20. The first kappa shape index (κ1) is 8.93. The Kier molecular flexibility index (Phi) is 2.49. The van der Waals surface area contributed by atoms with Crippen LogP contribution >= 0.6 is 0 Å². The van der Waals surface area contributed by atoms with Crippen molar-refractivity contribution in [3.05, 3.63) is 0 Å². The van der Waals surface area contributed by atoms with Crippen LogP contribution in [0.3, 0.4) is 0 Å². The van der Waals surface area contributed by atoms with Crippen LogP contribution in [0.15, 0.2) is 0 Å². The Morgan fingerprint density at radius 2 is 2.27 bits per heavy atom. The van der Waals surface area contributed by atoms with Crippen molar-refractivity contribution in [1.29, 1.82) is 0 Å². The van der Waals surface area contributed by atoms with Crippen molar-refractivity contribution in [2.75, 3.05) is 19.7 Å². The maximum Gasteiger partial charge on any atom is 0.100 e. The highest BCUT2D eigenvalue weighted by molar-refractivity contribution is 4.93. The fourth-order valence-electron chi connectivity index (χ4n) is 1.40. The Hall–Kier alpha value is -0.160. The molecule has 0 saturated carbocycles. The third kappa shape index (κ3) is 1.70. The second-order valence-electron chi connectivity index (χ2n) is 3.38. The first-order valence-electron chi connectivity index (χ1n) is 3.80. The zero-order valence-electron chi connectivity index (χ0n) is 6.62. The van der Waals surface area contributed by atoms with Crippen LogP contribution in [0, 0.1) is 5.92 Å². The molecular weight excluding hydrogens is 146 g/mol. The lowest BCUT2D eigenvalue weighted by atomic mass is 9.85. The summed E-state index contributed by atoms with van der Waals surface area (Å²) in [4.78, 5) is 0.